The molecule has 1 N–H and O–H groups in total. The third-order valence-corrected chi connectivity index (χ3v) is 4.90. The van der Waals surface area contributed by atoms with Crippen LogP contribution in [0.1, 0.15) is 0 Å². The topological polar surface area (TPSA) is 81.4 Å². The third-order valence-electron chi connectivity index (χ3n) is 3.26. The monoisotopic (exact) mass is 364 g/mol. The molecule has 24 heavy (non-hydrogen) atoms. The van der Waals surface area contributed by atoms with E-state index in [2.05, 4.69) is 9.71 Å². The maximum absolute atomic E-state index is 12.6. The van der Waals surface area contributed by atoms with Gasteiger partial charge in [0.05, 0.1) is 31.5 Å². The van der Waals surface area contributed by atoms with Crippen molar-refractivity contribution in [3.63, 3.8) is 0 Å². The van der Waals surface area contributed by atoms with E-state index in [1.165, 1.54) is 31.7 Å². The fraction of sp³-hybridized carbons (Fsp3) is 0.0625. The number of furan rings is 1. The van der Waals surface area contributed by atoms with Gasteiger partial charge in [0, 0.05) is 22.3 Å². The highest BCUT2D eigenvalue weighted by Crippen LogP contribution is 2.29. The molecule has 8 heteroatoms. The van der Waals surface area contributed by atoms with E-state index in [1.54, 1.807) is 30.7 Å². The van der Waals surface area contributed by atoms with Gasteiger partial charge in [-0.15, -0.1) is 0 Å². The van der Waals surface area contributed by atoms with Gasteiger partial charge in [0.25, 0.3) is 10.0 Å². The quantitative estimate of drug-likeness (QED) is 0.744. The van der Waals surface area contributed by atoms with E-state index in [0.717, 1.165) is 11.1 Å². The minimum absolute atomic E-state index is 0.0498. The molecule has 124 valence electrons. The lowest BCUT2D eigenvalue weighted by atomic mass is 10.1. The normalized spacial score (nSPS) is 11.2. The van der Waals surface area contributed by atoms with Gasteiger partial charge in [0.15, 0.2) is 0 Å². The smallest absolute Gasteiger partial charge is 0.265 e. The SMILES string of the molecule is COc1ccc(Cl)cc1S(=O)(=O)Nc1cncc(-c2ccoc2)c1. The molecule has 2 aromatic heterocycles. The number of sulfonamides is 1. The summed E-state index contributed by atoms with van der Waals surface area (Å²) < 4.78 is 37.9. The Bertz CT molecular complexity index is 956. The summed E-state index contributed by atoms with van der Waals surface area (Å²) in [5, 5.41) is 0.293. The van der Waals surface area contributed by atoms with Crippen LogP contribution in [0.15, 0.2) is 64.6 Å². The van der Waals surface area contributed by atoms with Crippen molar-refractivity contribution in [1.29, 1.82) is 0 Å². The molecule has 0 aliphatic heterocycles. The van der Waals surface area contributed by atoms with Crippen LogP contribution in [0.2, 0.25) is 5.02 Å². The number of aromatic nitrogens is 1. The highest BCUT2D eigenvalue weighted by Gasteiger charge is 2.20. The molecule has 3 rings (SSSR count). The molecule has 6 nitrogen and oxygen atoms in total. The number of halogens is 1. The first-order chi connectivity index (χ1) is 11.5. The zero-order valence-corrected chi connectivity index (χ0v) is 14.1. The molecule has 0 spiro atoms. The minimum atomic E-state index is -3.89. The number of nitrogens with zero attached hydrogens (tertiary/aromatic N) is 1. The molecule has 2 heterocycles. The average Bonchev–Trinajstić information content (AvgIpc) is 3.09. The van der Waals surface area contributed by atoms with Crippen molar-refractivity contribution in [2.24, 2.45) is 0 Å². The van der Waals surface area contributed by atoms with Crippen molar-refractivity contribution in [3.8, 4) is 16.9 Å². The molecular weight excluding hydrogens is 352 g/mol. The number of rotatable bonds is 5. The van der Waals surface area contributed by atoms with Crippen LogP contribution in [0.25, 0.3) is 11.1 Å². The highest BCUT2D eigenvalue weighted by molar-refractivity contribution is 7.92. The maximum atomic E-state index is 12.6. The highest BCUT2D eigenvalue weighted by atomic mass is 35.5. The molecule has 1 aromatic carbocycles. The van der Waals surface area contributed by atoms with Gasteiger partial charge in [-0.1, -0.05) is 11.6 Å². The Kier molecular flexibility index (Phi) is 4.46. The van der Waals surface area contributed by atoms with Crippen LogP contribution in [-0.4, -0.2) is 20.5 Å². The molecule has 0 aliphatic rings. The van der Waals surface area contributed by atoms with Gasteiger partial charge in [0.2, 0.25) is 0 Å². The van der Waals surface area contributed by atoms with Gasteiger partial charge < -0.3 is 9.15 Å². The summed E-state index contributed by atoms with van der Waals surface area (Å²) in [6, 6.07) is 7.80. The Morgan fingerprint density at radius 1 is 1.17 bits per heavy atom. The Hall–Kier alpha value is -2.51. The fourth-order valence-corrected chi connectivity index (χ4v) is 3.62. The average molecular weight is 365 g/mol. The van der Waals surface area contributed by atoms with Crippen molar-refractivity contribution < 1.29 is 17.6 Å². The standard InChI is InChI=1S/C16H13ClN2O4S/c1-22-15-3-2-13(17)7-16(15)24(20,21)19-14-6-12(8-18-9-14)11-4-5-23-10-11/h2-10,19H,1H3. The van der Waals surface area contributed by atoms with E-state index in [4.69, 9.17) is 20.8 Å². The van der Waals surface area contributed by atoms with Gasteiger partial charge in [-0.3, -0.25) is 9.71 Å². The van der Waals surface area contributed by atoms with E-state index in [0.29, 0.717) is 10.7 Å². The lowest BCUT2D eigenvalue weighted by Crippen LogP contribution is -2.14. The molecule has 0 bridgehead atoms. The zero-order valence-electron chi connectivity index (χ0n) is 12.6. The number of hydrogen-bond acceptors (Lipinski definition) is 5. The molecule has 0 saturated carbocycles. The Balaban J connectivity index is 1.96. The summed E-state index contributed by atoms with van der Waals surface area (Å²) >= 11 is 5.91. The minimum Gasteiger partial charge on any atom is -0.495 e. The summed E-state index contributed by atoms with van der Waals surface area (Å²) in [6.45, 7) is 0. The predicted molar refractivity (Wildman–Crippen MR) is 90.8 cm³/mol. The molecular formula is C16H13ClN2O4S. The van der Waals surface area contributed by atoms with E-state index >= 15 is 0 Å². The Labute approximate surface area is 144 Å². The summed E-state index contributed by atoms with van der Waals surface area (Å²) in [5.41, 5.74) is 1.83. The van der Waals surface area contributed by atoms with Crippen LogP contribution >= 0.6 is 11.6 Å². The molecule has 3 aromatic rings. The van der Waals surface area contributed by atoms with E-state index in [-0.39, 0.29) is 10.6 Å². The van der Waals surface area contributed by atoms with Gasteiger partial charge in [-0.05, 0) is 30.3 Å². The molecule has 0 saturated heterocycles. The molecule has 0 aliphatic carbocycles. The van der Waals surface area contributed by atoms with Gasteiger partial charge >= 0.3 is 0 Å². The zero-order chi connectivity index (χ0) is 17.2. The number of hydrogen-bond donors (Lipinski definition) is 1. The van der Waals surface area contributed by atoms with Gasteiger partial charge in [0.1, 0.15) is 10.6 Å². The third kappa shape index (κ3) is 3.37. The van der Waals surface area contributed by atoms with Crippen LogP contribution in [0, 0.1) is 0 Å². The van der Waals surface area contributed by atoms with Crippen molar-refractivity contribution >= 4 is 27.3 Å². The second kappa shape index (κ2) is 6.54. The molecule has 0 radical (unpaired) electrons. The van der Waals surface area contributed by atoms with E-state index in [9.17, 15) is 8.42 Å². The van der Waals surface area contributed by atoms with Gasteiger partial charge in [-0.2, -0.15) is 0 Å². The summed E-state index contributed by atoms with van der Waals surface area (Å²) in [6.07, 6.45) is 6.11. The number of ether oxygens (including phenoxy) is 1. The second-order valence-electron chi connectivity index (χ2n) is 4.87. The Morgan fingerprint density at radius 3 is 2.71 bits per heavy atom. The number of pyridine rings is 1. The van der Waals surface area contributed by atoms with Crippen molar-refractivity contribution in [3.05, 3.63) is 60.3 Å². The molecule has 0 fully saturated rings. The van der Waals surface area contributed by atoms with Crippen LogP contribution in [0.3, 0.4) is 0 Å². The summed E-state index contributed by atoms with van der Waals surface area (Å²) in [5.74, 6) is 0.200. The number of nitrogens with one attached hydrogen (secondary N) is 1. The van der Waals surface area contributed by atoms with Gasteiger partial charge in [-0.25, -0.2) is 8.42 Å². The largest absolute Gasteiger partial charge is 0.495 e. The second-order valence-corrected chi connectivity index (χ2v) is 6.96. The van der Waals surface area contributed by atoms with Crippen molar-refractivity contribution in [2.45, 2.75) is 4.90 Å². The fourth-order valence-electron chi connectivity index (χ4n) is 2.15. The molecule has 0 amide bonds. The lowest BCUT2D eigenvalue weighted by molar-refractivity contribution is 0.403. The summed E-state index contributed by atoms with van der Waals surface area (Å²) in [4.78, 5) is 4.00. The van der Waals surface area contributed by atoms with E-state index < -0.39 is 10.0 Å². The lowest BCUT2D eigenvalue weighted by Gasteiger charge is -2.12. The van der Waals surface area contributed by atoms with Crippen LogP contribution in [-0.2, 0) is 10.0 Å². The molecule has 0 unspecified atom stereocenters. The number of benzene rings is 1. The van der Waals surface area contributed by atoms with Crippen LogP contribution in [0.4, 0.5) is 5.69 Å². The van der Waals surface area contributed by atoms with Crippen LogP contribution in [0.5, 0.6) is 5.75 Å². The van der Waals surface area contributed by atoms with Crippen LogP contribution < -0.4 is 9.46 Å². The first-order valence-electron chi connectivity index (χ1n) is 6.83. The number of anilines is 1. The Morgan fingerprint density at radius 2 is 2.00 bits per heavy atom. The maximum Gasteiger partial charge on any atom is 0.265 e. The van der Waals surface area contributed by atoms with Crippen molar-refractivity contribution in [1.82, 2.24) is 4.98 Å². The number of methoxy groups -OCH3 is 1. The summed E-state index contributed by atoms with van der Waals surface area (Å²) in [7, 11) is -2.49. The first-order valence-corrected chi connectivity index (χ1v) is 8.70. The van der Waals surface area contributed by atoms with E-state index in [1.807, 2.05) is 0 Å². The predicted octanol–water partition coefficient (Wildman–Crippen LogP) is 3.80. The molecule has 0 atom stereocenters. The first kappa shape index (κ1) is 16.4. The van der Waals surface area contributed by atoms with Crippen molar-refractivity contribution in [2.75, 3.05) is 11.8 Å².